The Morgan fingerprint density at radius 2 is 2.04 bits per heavy atom. The summed E-state index contributed by atoms with van der Waals surface area (Å²) >= 11 is 5.80. The Morgan fingerprint density at radius 3 is 2.91 bits per heavy atom. The summed E-state index contributed by atoms with van der Waals surface area (Å²) in [5.74, 6) is 1.62. The topological polar surface area (TPSA) is 18.5 Å². The van der Waals surface area contributed by atoms with E-state index in [2.05, 4.69) is 21.2 Å². The van der Waals surface area contributed by atoms with Crippen LogP contribution in [0, 0.1) is 11.8 Å². The van der Waals surface area contributed by atoms with Crippen molar-refractivity contribution >= 4 is 17.3 Å². The summed E-state index contributed by atoms with van der Waals surface area (Å²) in [6.45, 7) is 3.80. The summed E-state index contributed by atoms with van der Waals surface area (Å²) in [7, 11) is 0. The maximum Gasteiger partial charge on any atom is 0.169 e. The molecule has 5 aliphatic rings. The highest BCUT2D eigenvalue weighted by Gasteiger charge is 2.46. The molecule has 1 saturated carbocycles. The first-order chi connectivity index (χ1) is 11.3. The average molecular weight is 332 g/mol. The number of piperidine rings is 3. The van der Waals surface area contributed by atoms with Crippen LogP contribution in [0.2, 0.25) is 0 Å². The van der Waals surface area contributed by atoms with Gasteiger partial charge in [-0.1, -0.05) is 18.1 Å². The van der Waals surface area contributed by atoms with Gasteiger partial charge in [-0.05, 0) is 75.5 Å². The normalized spacial score (nSPS) is 40.0. The minimum absolute atomic E-state index is 0.599. The Morgan fingerprint density at radius 1 is 1.13 bits per heavy atom. The Bertz CT molecular complexity index is 527. The number of hydrogen-bond donors (Lipinski definition) is 1. The lowest BCUT2D eigenvalue weighted by Gasteiger charge is -2.55. The van der Waals surface area contributed by atoms with Crippen molar-refractivity contribution in [2.24, 2.45) is 11.8 Å². The Hall–Kier alpha value is -0.610. The van der Waals surface area contributed by atoms with Gasteiger partial charge < -0.3 is 10.2 Å². The number of fused-ring (bicyclic) bond motifs is 6. The van der Waals surface area contributed by atoms with Crippen LogP contribution in [-0.2, 0) is 0 Å². The van der Waals surface area contributed by atoms with E-state index < -0.39 is 0 Å². The van der Waals surface area contributed by atoms with Crippen molar-refractivity contribution in [1.29, 1.82) is 0 Å². The van der Waals surface area contributed by atoms with Crippen molar-refractivity contribution in [2.45, 2.75) is 69.5 Å². The van der Waals surface area contributed by atoms with E-state index >= 15 is 0 Å². The predicted molar refractivity (Wildman–Crippen MR) is 97.4 cm³/mol. The predicted octanol–water partition coefficient (Wildman–Crippen LogP) is 2.92. The van der Waals surface area contributed by atoms with Crippen LogP contribution < -0.4 is 5.32 Å². The molecule has 3 nitrogen and oxygen atoms in total. The van der Waals surface area contributed by atoms with E-state index in [0.29, 0.717) is 12.1 Å². The van der Waals surface area contributed by atoms with Crippen LogP contribution in [-0.4, -0.2) is 52.7 Å². The zero-order valence-electron chi connectivity index (χ0n) is 14.0. The van der Waals surface area contributed by atoms with Crippen LogP contribution >= 0.6 is 12.2 Å². The highest BCUT2D eigenvalue weighted by atomic mass is 32.1. The lowest BCUT2D eigenvalue weighted by atomic mass is 9.68. The first kappa shape index (κ1) is 14.7. The van der Waals surface area contributed by atoms with E-state index in [0.717, 1.165) is 29.5 Å². The highest BCUT2D eigenvalue weighted by molar-refractivity contribution is 7.80. The Balaban J connectivity index is 1.41. The summed E-state index contributed by atoms with van der Waals surface area (Å²) in [5, 5.41) is 4.65. The third-order valence-corrected chi connectivity index (χ3v) is 7.18. The molecule has 126 valence electrons. The largest absolute Gasteiger partial charge is 0.360 e. The monoisotopic (exact) mass is 331 g/mol. The van der Waals surface area contributed by atoms with Crippen molar-refractivity contribution in [2.75, 3.05) is 19.6 Å². The molecule has 4 atom stereocenters. The molecule has 4 fully saturated rings. The van der Waals surface area contributed by atoms with Crippen molar-refractivity contribution in [3.8, 4) is 0 Å². The van der Waals surface area contributed by atoms with E-state index in [1.54, 1.807) is 5.57 Å². The van der Waals surface area contributed by atoms with Gasteiger partial charge in [-0.15, -0.1) is 0 Å². The molecule has 3 aliphatic heterocycles. The molecule has 5 rings (SSSR count). The summed E-state index contributed by atoms with van der Waals surface area (Å²) in [4.78, 5) is 5.38. The summed E-state index contributed by atoms with van der Waals surface area (Å²) in [6.07, 6.45) is 13.6. The number of likely N-dealkylation sites (tertiary alicyclic amines) is 1. The second-order valence-corrected chi connectivity index (χ2v) is 8.81. The lowest BCUT2D eigenvalue weighted by Crippen LogP contribution is -2.61. The maximum absolute atomic E-state index is 5.80. The third kappa shape index (κ3) is 2.62. The van der Waals surface area contributed by atoms with Gasteiger partial charge >= 0.3 is 0 Å². The molecule has 0 aromatic heterocycles. The molecule has 0 aromatic carbocycles. The molecular formula is C19H29N3S. The van der Waals surface area contributed by atoms with E-state index in [1.165, 1.54) is 64.5 Å². The molecule has 2 aliphatic carbocycles. The first-order valence-electron chi connectivity index (χ1n) is 9.81. The second-order valence-electron chi connectivity index (χ2n) is 8.42. The van der Waals surface area contributed by atoms with E-state index in [1.807, 2.05) is 0 Å². The van der Waals surface area contributed by atoms with Crippen LogP contribution in [0.5, 0.6) is 0 Å². The molecule has 1 N–H and O–H groups in total. The fraction of sp³-hybridized carbons (Fsp3) is 0.842. The first-order valence-corrected chi connectivity index (χ1v) is 10.2. The smallest absolute Gasteiger partial charge is 0.169 e. The van der Waals surface area contributed by atoms with Gasteiger partial charge in [0.25, 0.3) is 0 Å². The molecule has 4 heteroatoms. The van der Waals surface area contributed by atoms with Gasteiger partial charge in [0.1, 0.15) is 0 Å². The number of thiocarbonyl (C=S) groups is 1. The lowest BCUT2D eigenvalue weighted by molar-refractivity contribution is 0.0127. The molecule has 0 spiro atoms. The molecular weight excluding hydrogens is 302 g/mol. The van der Waals surface area contributed by atoms with Gasteiger partial charge in [0, 0.05) is 25.2 Å². The van der Waals surface area contributed by atoms with Crippen LogP contribution in [0.25, 0.3) is 0 Å². The fourth-order valence-corrected chi connectivity index (χ4v) is 6.06. The minimum atomic E-state index is 0.599. The van der Waals surface area contributed by atoms with Crippen molar-refractivity contribution < 1.29 is 0 Å². The molecule has 0 amide bonds. The fourth-order valence-electron chi connectivity index (χ4n) is 5.69. The van der Waals surface area contributed by atoms with Gasteiger partial charge in [-0.3, -0.25) is 4.90 Å². The minimum Gasteiger partial charge on any atom is -0.360 e. The molecule has 23 heavy (non-hydrogen) atoms. The van der Waals surface area contributed by atoms with Crippen molar-refractivity contribution in [3.63, 3.8) is 0 Å². The number of nitrogens with one attached hydrogen (secondary N) is 1. The summed E-state index contributed by atoms with van der Waals surface area (Å²) in [5.41, 5.74) is 1.72. The zero-order chi connectivity index (χ0) is 15.4. The van der Waals surface area contributed by atoms with E-state index in [4.69, 9.17) is 12.2 Å². The standard InChI is InChI=1S/C19H29N3S/c23-19(20-16-6-7-16)22-9-3-4-13-10-14-11-15(18(13)22)12-21-8-2-1-5-17(14)21/h10,14-18H,1-9,11-12H2,(H,20,23)/t14-,15-,17-,18+/m0/s1. The quantitative estimate of drug-likeness (QED) is 0.588. The zero-order valence-corrected chi connectivity index (χ0v) is 14.9. The molecule has 0 radical (unpaired) electrons. The third-order valence-electron chi connectivity index (χ3n) is 6.82. The summed E-state index contributed by atoms with van der Waals surface area (Å²) in [6, 6.07) is 2.12. The van der Waals surface area contributed by atoms with E-state index in [-0.39, 0.29) is 0 Å². The number of nitrogens with zero attached hydrogens (tertiary/aromatic N) is 2. The number of hydrogen-bond acceptors (Lipinski definition) is 2. The van der Waals surface area contributed by atoms with Gasteiger partial charge in [0.2, 0.25) is 0 Å². The van der Waals surface area contributed by atoms with E-state index in [9.17, 15) is 0 Å². The van der Waals surface area contributed by atoms with Crippen molar-refractivity contribution in [3.05, 3.63) is 11.6 Å². The van der Waals surface area contributed by atoms with Gasteiger partial charge in [0.15, 0.2) is 5.11 Å². The Kier molecular flexibility index (Phi) is 3.67. The molecule has 0 unspecified atom stereocenters. The average Bonchev–Trinajstić information content (AvgIpc) is 3.38. The van der Waals surface area contributed by atoms with Crippen LogP contribution in [0.1, 0.15) is 51.4 Å². The van der Waals surface area contributed by atoms with Gasteiger partial charge in [-0.2, -0.15) is 0 Å². The van der Waals surface area contributed by atoms with Crippen LogP contribution in [0.15, 0.2) is 11.6 Å². The SMILES string of the molecule is S=C(NC1CC1)N1CCCC2=C[C@H]3C[C@@H](CN4CCCC[C@@H]34)[C@@H]21. The molecule has 0 aromatic rings. The van der Waals surface area contributed by atoms with Gasteiger partial charge in [0.05, 0.1) is 6.04 Å². The van der Waals surface area contributed by atoms with Crippen LogP contribution in [0.3, 0.4) is 0 Å². The van der Waals surface area contributed by atoms with Gasteiger partial charge in [-0.25, -0.2) is 0 Å². The van der Waals surface area contributed by atoms with Crippen molar-refractivity contribution in [1.82, 2.24) is 15.1 Å². The second kappa shape index (κ2) is 5.73. The highest BCUT2D eigenvalue weighted by Crippen LogP contribution is 2.45. The molecule has 3 heterocycles. The molecule has 3 saturated heterocycles. The summed E-state index contributed by atoms with van der Waals surface area (Å²) < 4.78 is 0. The maximum atomic E-state index is 5.80. The number of rotatable bonds is 1. The Labute approximate surface area is 145 Å². The molecule has 2 bridgehead atoms. The van der Waals surface area contributed by atoms with Crippen LogP contribution in [0.4, 0.5) is 0 Å².